The molecule has 0 saturated carbocycles. The predicted octanol–water partition coefficient (Wildman–Crippen LogP) is 4.34. The zero-order chi connectivity index (χ0) is 14.5. The van der Waals surface area contributed by atoms with Gasteiger partial charge < -0.3 is 10.1 Å². The van der Waals surface area contributed by atoms with Gasteiger partial charge in [-0.25, -0.2) is 4.98 Å². The minimum atomic E-state index is 0.755. The van der Waals surface area contributed by atoms with Gasteiger partial charge in [0.1, 0.15) is 11.6 Å². The molecule has 4 heteroatoms. The van der Waals surface area contributed by atoms with E-state index in [0.717, 1.165) is 34.7 Å². The van der Waals surface area contributed by atoms with E-state index in [2.05, 4.69) is 45.3 Å². The maximum absolute atomic E-state index is 5.34. The SMILES string of the molecule is CCc1cc(CNc2ccc(Br)c(C)n2)ccc1OC. The molecular weight excluding hydrogens is 316 g/mol. The van der Waals surface area contributed by atoms with Gasteiger partial charge in [-0.3, -0.25) is 0 Å². The third kappa shape index (κ3) is 3.51. The number of nitrogens with one attached hydrogen (secondary N) is 1. The van der Waals surface area contributed by atoms with E-state index < -0.39 is 0 Å². The normalized spacial score (nSPS) is 10.4. The summed E-state index contributed by atoms with van der Waals surface area (Å²) >= 11 is 3.46. The van der Waals surface area contributed by atoms with Gasteiger partial charge in [-0.1, -0.05) is 19.1 Å². The fourth-order valence-corrected chi connectivity index (χ4v) is 2.27. The van der Waals surface area contributed by atoms with Crippen LogP contribution in [0, 0.1) is 6.92 Å². The van der Waals surface area contributed by atoms with E-state index in [0.29, 0.717) is 0 Å². The second-order valence-electron chi connectivity index (χ2n) is 4.62. The summed E-state index contributed by atoms with van der Waals surface area (Å²) in [5, 5.41) is 3.35. The van der Waals surface area contributed by atoms with Crippen LogP contribution in [-0.4, -0.2) is 12.1 Å². The van der Waals surface area contributed by atoms with E-state index in [1.807, 2.05) is 25.1 Å². The summed E-state index contributed by atoms with van der Waals surface area (Å²) in [6.45, 7) is 4.87. The summed E-state index contributed by atoms with van der Waals surface area (Å²) in [6, 6.07) is 10.3. The number of hydrogen-bond acceptors (Lipinski definition) is 3. The molecule has 20 heavy (non-hydrogen) atoms. The van der Waals surface area contributed by atoms with Crippen LogP contribution in [0.4, 0.5) is 5.82 Å². The summed E-state index contributed by atoms with van der Waals surface area (Å²) in [5.74, 6) is 1.84. The Labute approximate surface area is 128 Å². The maximum atomic E-state index is 5.34. The number of aryl methyl sites for hydroxylation is 2. The number of anilines is 1. The summed E-state index contributed by atoms with van der Waals surface area (Å²) in [6.07, 6.45) is 0.965. The van der Waals surface area contributed by atoms with Crippen molar-refractivity contribution in [1.29, 1.82) is 0 Å². The van der Waals surface area contributed by atoms with Crippen LogP contribution in [0.25, 0.3) is 0 Å². The number of aromatic nitrogens is 1. The zero-order valence-corrected chi connectivity index (χ0v) is 13.6. The number of halogens is 1. The molecule has 0 spiro atoms. The van der Waals surface area contributed by atoms with Gasteiger partial charge in [0.2, 0.25) is 0 Å². The van der Waals surface area contributed by atoms with Crippen molar-refractivity contribution in [2.45, 2.75) is 26.8 Å². The smallest absolute Gasteiger partial charge is 0.126 e. The monoisotopic (exact) mass is 334 g/mol. The molecule has 0 bridgehead atoms. The highest BCUT2D eigenvalue weighted by Gasteiger charge is 2.03. The molecule has 0 atom stereocenters. The van der Waals surface area contributed by atoms with Crippen molar-refractivity contribution in [3.63, 3.8) is 0 Å². The lowest BCUT2D eigenvalue weighted by atomic mass is 10.1. The fraction of sp³-hybridized carbons (Fsp3) is 0.312. The van der Waals surface area contributed by atoms with Gasteiger partial charge in [-0.2, -0.15) is 0 Å². The molecule has 0 aliphatic heterocycles. The molecule has 1 aromatic heterocycles. The highest BCUT2D eigenvalue weighted by molar-refractivity contribution is 9.10. The standard InChI is InChI=1S/C16H19BrN2O/c1-4-13-9-12(5-7-15(13)20-3)10-18-16-8-6-14(17)11(2)19-16/h5-9H,4,10H2,1-3H3,(H,18,19). The molecule has 0 fully saturated rings. The van der Waals surface area contributed by atoms with E-state index in [1.165, 1.54) is 11.1 Å². The first-order chi connectivity index (χ1) is 9.63. The molecule has 1 aromatic carbocycles. The zero-order valence-electron chi connectivity index (χ0n) is 12.0. The number of rotatable bonds is 5. The van der Waals surface area contributed by atoms with Crippen molar-refractivity contribution in [1.82, 2.24) is 4.98 Å². The highest BCUT2D eigenvalue weighted by atomic mass is 79.9. The van der Waals surface area contributed by atoms with Crippen molar-refractivity contribution in [2.75, 3.05) is 12.4 Å². The topological polar surface area (TPSA) is 34.2 Å². The Balaban J connectivity index is 2.08. The van der Waals surface area contributed by atoms with Crippen LogP contribution in [0.15, 0.2) is 34.8 Å². The first-order valence-electron chi connectivity index (χ1n) is 6.67. The largest absolute Gasteiger partial charge is 0.496 e. The molecule has 3 nitrogen and oxygen atoms in total. The Morgan fingerprint density at radius 3 is 2.70 bits per heavy atom. The van der Waals surface area contributed by atoms with Crippen molar-refractivity contribution in [3.8, 4) is 5.75 Å². The number of ether oxygens (including phenoxy) is 1. The number of nitrogens with zero attached hydrogens (tertiary/aromatic N) is 1. The van der Waals surface area contributed by atoms with Crippen molar-refractivity contribution < 1.29 is 4.74 Å². The van der Waals surface area contributed by atoms with Crippen LogP contribution < -0.4 is 10.1 Å². The lowest BCUT2D eigenvalue weighted by Gasteiger charge is -2.11. The molecule has 0 amide bonds. The predicted molar refractivity (Wildman–Crippen MR) is 86.4 cm³/mol. The second kappa shape index (κ2) is 6.75. The first-order valence-corrected chi connectivity index (χ1v) is 7.46. The number of benzene rings is 1. The van der Waals surface area contributed by atoms with Crippen molar-refractivity contribution in [2.24, 2.45) is 0 Å². The number of pyridine rings is 1. The van der Waals surface area contributed by atoms with Crippen LogP contribution in [0.5, 0.6) is 5.75 Å². The minimum Gasteiger partial charge on any atom is -0.496 e. The third-order valence-corrected chi connectivity index (χ3v) is 4.06. The van der Waals surface area contributed by atoms with E-state index >= 15 is 0 Å². The summed E-state index contributed by atoms with van der Waals surface area (Å²) in [4.78, 5) is 4.48. The quantitative estimate of drug-likeness (QED) is 0.883. The lowest BCUT2D eigenvalue weighted by molar-refractivity contribution is 0.410. The van der Waals surface area contributed by atoms with Crippen molar-refractivity contribution in [3.05, 3.63) is 51.6 Å². The van der Waals surface area contributed by atoms with Gasteiger partial charge in [0.25, 0.3) is 0 Å². The Morgan fingerprint density at radius 1 is 1.25 bits per heavy atom. The highest BCUT2D eigenvalue weighted by Crippen LogP contribution is 2.21. The van der Waals surface area contributed by atoms with Gasteiger partial charge in [0.15, 0.2) is 0 Å². The van der Waals surface area contributed by atoms with E-state index in [9.17, 15) is 0 Å². The molecule has 0 radical (unpaired) electrons. The third-order valence-electron chi connectivity index (χ3n) is 3.22. The molecule has 0 aliphatic carbocycles. The molecule has 106 valence electrons. The van der Waals surface area contributed by atoms with E-state index in [4.69, 9.17) is 4.74 Å². The van der Waals surface area contributed by atoms with Gasteiger partial charge in [0.05, 0.1) is 12.8 Å². The minimum absolute atomic E-state index is 0.755. The molecule has 0 unspecified atom stereocenters. The van der Waals surface area contributed by atoms with E-state index in [-0.39, 0.29) is 0 Å². The molecule has 0 aliphatic rings. The molecule has 2 aromatic rings. The fourth-order valence-electron chi connectivity index (χ4n) is 2.05. The average Bonchev–Trinajstić information content (AvgIpc) is 2.48. The Morgan fingerprint density at radius 2 is 2.05 bits per heavy atom. The van der Waals surface area contributed by atoms with Crippen LogP contribution in [0.1, 0.15) is 23.7 Å². The van der Waals surface area contributed by atoms with Gasteiger partial charge >= 0.3 is 0 Å². The number of methoxy groups -OCH3 is 1. The average molecular weight is 335 g/mol. The first kappa shape index (κ1) is 14.9. The molecule has 1 heterocycles. The molecule has 0 saturated heterocycles. The van der Waals surface area contributed by atoms with Crippen molar-refractivity contribution >= 4 is 21.7 Å². The molecule has 1 N–H and O–H groups in total. The summed E-state index contributed by atoms with van der Waals surface area (Å²) in [7, 11) is 1.71. The Bertz CT molecular complexity index is 599. The molecule has 2 rings (SSSR count). The molecular formula is C16H19BrN2O. The number of hydrogen-bond donors (Lipinski definition) is 1. The second-order valence-corrected chi connectivity index (χ2v) is 5.47. The van der Waals surface area contributed by atoms with Crippen LogP contribution >= 0.6 is 15.9 Å². The Kier molecular flexibility index (Phi) is 5.01. The van der Waals surface area contributed by atoms with Gasteiger partial charge in [-0.15, -0.1) is 0 Å². The maximum Gasteiger partial charge on any atom is 0.126 e. The van der Waals surface area contributed by atoms with E-state index in [1.54, 1.807) is 7.11 Å². The summed E-state index contributed by atoms with van der Waals surface area (Å²) < 4.78 is 6.37. The summed E-state index contributed by atoms with van der Waals surface area (Å²) in [5.41, 5.74) is 3.44. The van der Waals surface area contributed by atoms with Crippen LogP contribution in [0.2, 0.25) is 0 Å². The van der Waals surface area contributed by atoms with Crippen LogP contribution in [-0.2, 0) is 13.0 Å². The van der Waals surface area contributed by atoms with Gasteiger partial charge in [0, 0.05) is 11.0 Å². The lowest BCUT2D eigenvalue weighted by Crippen LogP contribution is -2.03. The van der Waals surface area contributed by atoms with Crippen LogP contribution in [0.3, 0.4) is 0 Å². The van der Waals surface area contributed by atoms with Gasteiger partial charge in [-0.05, 0) is 58.6 Å². The Hall–Kier alpha value is -1.55.